The van der Waals surface area contributed by atoms with Gasteiger partial charge in [0.15, 0.2) is 0 Å². The van der Waals surface area contributed by atoms with E-state index in [1.807, 2.05) is 0 Å². The largest absolute Gasteiger partial charge is 0.366 e. The highest BCUT2D eigenvalue weighted by Crippen LogP contribution is 2.24. The Morgan fingerprint density at radius 1 is 1.38 bits per heavy atom. The molecule has 0 saturated carbocycles. The van der Waals surface area contributed by atoms with Gasteiger partial charge in [-0.25, -0.2) is 4.98 Å². The first-order valence-electron chi connectivity index (χ1n) is 5.07. The van der Waals surface area contributed by atoms with E-state index < -0.39 is 10.8 Å². The molecule has 1 saturated heterocycles. The smallest absolute Gasteiger partial charge is 0.145 e. The molecule has 1 fully saturated rings. The SMILES string of the molecule is O=S1CCC(Nc2ncc(Cl)cc2Cl)CC1. The fraction of sp³-hybridized carbons (Fsp3) is 0.500. The topological polar surface area (TPSA) is 42.0 Å². The second-order valence-electron chi connectivity index (χ2n) is 3.75. The van der Waals surface area contributed by atoms with Gasteiger partial charge < -0.3 is 5.32 Å². The normalized spacial score (nSPS) is 25.4. The van der Waals surface area contributed by atoms with Gasteiger partial charge in [-0.3, -0.25) is 4.21 Å². The monoisotopic (exact) mass is 278 g/mol. The van der Waals surface area contributed by atoms with Crippen LogP contribution in [0.1, 0.15) is 12.8 Å². The maximum absolute atomic E-state index is 11.2. The van der Waals surface area contributed by atoms with Crippen molar-refractivity contribution in [3.05, 3.63) is 22.3 Å². The van der Waals surface area contributed by atoms with E-state index in [4.69, 9.17) is 23.2 Å². The van der Waals surface area contributed by atoms with E-state index in [2.05, 4.69) is 10.3 Å². The molecule has 0 aliphatic carbocycles. The van der Waals surface area contributed by atoms with Gasteiger partial charge in [-0.2, -0.15) is 0 Å². The predicted octanol–water partition coefficient (Wildman–Crippen LogP) is 2.71. The molecule has 1 N–H and O–H groups in total. The summed E-state index contributed by atoms with van der Waals surface area (Å²) in [4.78, 5) is 4.14. The van der Waals surface area contributed by atoms with Crippen LogP contribution < -0.4 is 5.32 Å². The molecule has 2 rings (SSSR count). The number of rotatable bonds is 2. The molecule has 0 spiro atoms. The van der Waals surface area contributed by atoms with Crippen molar-refractivity contribution in [2.75, 3.05) is 16.8 Å². The summed E-state index contributed by atoms with van der Waals surface area (Å²) in [5.41, 5.74) is 0. The third-order valence-electron chi connectivity index (χ3n) is 2.54. The fourth-order valence-corrected chi connectivity index (χ4v) is 3.39. The van der Waals surface area contributed by atoms with Gasteiger partial charge in [0.2, 0.25) is 0 Å². The molecule has 0 amide bonds. The zero-order valence-electron chi connectivity index (χ0n) is 8.58. The van der Waals surface area contributed by atoms with Crippen LogP contribution in [0.2, 0.25) is 10.0 Å². The van der Waals surface area contributed by atoms with Crippen molar-refractivity contribution < 1.29 is 4.21 Å². The minimum Gasteiger partial charge on any atom is -0.366 e. The number of hydrogen-bond acceptors (Lipinski definition) is 3. The van der Waals surface area contributed by atoms with Gasteiger partial charge in [0.25, 0.3) is 0 Å². The highest BCUT2D eigenvalue weighted by Gasteiger charge is 2.18. The van der Waals surface area contributed by atoms with E-state index in [1.54, 1.807) is 12.3 Å². The van der Waals surface area contributed by atoms with E-state index in [0.717, 1.165) is 24.3 Å². The number of hydrogen-bond donors (Lipinski definition) is 1. The fourth-order valence-electron chi connectivity index (χ4n) is 1.65. The lowest BCUT2D eigenvalue weighted by Crippen LogP contribution is -2.29. The van der Waals surface area contributed by atoms with Crippen molar-refractivity contribution in [1.82, 2.24) is 4.98 Å². The first-order chi connectivity index (χ1) is 7.65. The molecule has 6 heteroatoms. The summed E-state index contributed by atoms with van der Waals surface area (Å²) >= 11 is 11.8. The minimum atomic E-state index is -0.642. The Kier molecular flexibility index (Phi) is 4.05. The van der Waals surface area contributed by atoms with Crippen LogP contribution in [0.15, 0.2) is 12.3 Å². The third-order valence-corrected chi connectivity index (χ3v) is 4.41. The van der Waals surface area contributed by atoms with Crippen molar-refractivity contribution in [2.45, 2.75) is 18.9 Å². The summed E-state index contributed by atoms with van der Waals surface area (Å²) in [6.45, 7) is 0. The summed E-state index contributed by atoms with van der Waals surface area (Å²) in [6, 6.07) is 1.98. The average Bonchev–Trinajstić information content (AvgIpc) is 2.25. The zero-order valence-corrected chi connectivity index (χ0v) is 10.9. The minimum absolute atomic E-state index is 0.309. The van der Waals surface area contributed by atoms with Crippen LogP contribution in [0.4, 0.5) is 5.82 Å². The van der Waals surface area contributed by atoms with E-state index in [1.165, 1.54) is 0 Å². The molecule has 0 radical (unpaired) electrons. The molecule has 0 bridgehead atoms. The number of nitrogens with one attached hydrogen (secondary N) is 1. The molecule has 1 aromatic heterocycles. The summed E-state index contributed by atoms with van der Waals surface area (Å²) < 4.78 is 11.2. The maximum Gasteiger partial charge on any atom is 0.145 e. The number of anilines is 1. The maximum atomic E-state index is 11.2. The summed E-state index contributed by atoms with van der Waals surface area (Å²) in [7, 11) is -0.642. The van der Waals surface area contributed by atoms with Gasteiger partial charge in [0, 0.05) is 34.5 Å². The van der Waals surface area contributed by atoms with Crippen molar-refractivity contribution in [3.8, 4) is 0 Å². The molecule has 0 aromatic carbocycles. The Morgan fingerprint density at radius 2 is 2.06 bits per heavy atom. The standard InChI is InChI=1S/C10H12Cl2N2OS/c11-7-5-9(12)10(13-6-7)14-8-1-3-16(15)4-2-8/h5-6,8H,1-4H2,(H,13,14). The van der Waals surface area contributed by atoms with Crippen LogP contribution in [-0.2, 0) is 10.8 Å². The Morgan fingerprint density at radius 3 is 2.69 bits per heavy atom. The molecule has 1 aliphatic heterocycles. The van der Waals surface area contributed by atoms with Crippen molar-refractivity contribution in [2.24, 2.45) is 0 Å². The molecule has 1 aromatic rings. The van der Waals surface area contributed by atoms with Crippen molar-refractivity contribution in [1.29, 1.82) is 0 Å². The summed E-state index contributed by atoms with van der Waals surface area (Å²) in [6.07, 6.45) is 3.36. The molecule has 88 valence electrons. The molecular formula is C10H12Cl2N2OS. The second-order valence-corrected chi connectivity index (χ2v) is 6.29. The second kappa shape index (κ2) is 5.34. The van der Waals surface area contributed by atoms with Crippen molar-refractivity contribution >= 4 is 39.8 Å². The Balaban J connectivity index is 2.01. The average molecular weight is 279 g/mol. The summed E-state index contributed by atoms with van der Waals surface area (Å²) in [5, 5.41) is 4.32. The predicted molar refractivity (Wildman–Crippen MR) is 68.8 cm³/mol. The Bertz CT molecular complexity index is 404. The van der Waals surface area contributed by atoms with Crippen LogP contribution in [0, 0.1) is 0 Å². The molecule has 16 heavy (non-hydrogen) atoms. The Hall–Kier alpha value is -0.320. The molecule has 1 aliphatic rings. The van der Waals surface area contributed by atoms with Crippen LogP contribution in [-0.4, -0.2) is 26.7 Å². The van der Waals surface area contributed by atoms with Gasteiger partial charge in [-0.05, 0) is 18.9 Å². The lowest BCUT2D eigenvalue weighted by molar-refractivity contribution is 0.622. The van der Waals surface area contributed by atoms with Crippen LogP contribution >= 0.6 is 23.2 Å². The molecule has 2 heterocycles. The molecule has 3 nitrogen and oxygen atoms in total. The molecule has 0 atom stereocenters. The highest BCUT2D eigenvalue weighted by molar-refractivity contribution is 7.85. The van der Waals surface area contributed by atoms with Crippen LogP contribution in [0.25, 0.3) is 0 Å². The van der Waals surface area contributed by atoms with Gasteiger partial charge in [0.1, 0.15) is 5.82 Å². The van der Waals surface area contributed by atoms with E-state index in [-0.39, 0.29) is 0 Å². The lowest BCUT2D eigenvalue weighted by atomic mass is 10.1. The number of halogens is 2. The summed E-state index contributed by atoms with van der Waals surface area (Å²) in [5.74, 6) is 2.16. The first-order valence-corrected chi connectivity index (χ1v) is 7.32. The molecule has 0 unspecified atom stereocenters. The zero-order chi connectivity index (χ0) is 11.5. The van der Waals surface area contributed by atoms with Crippen LogP contribution in [0.5, 0.6) is 0 Å². The van der Waals surface area contributed by atoms with Gasteiger partial charge in [-0.15, -0.1) is 0 Å². The molecular weight excluding hydrogens is 267 g/mol. The third kappa shape index (κ3) is 3.09. The number of pyridine rings is 1. The van der Waals surface area contributed by atoms with E-state index in [9.17, 15) is 4.21 Å². The van der Waals surface area contributed by atoms with Crippen molar-refractivity contribution in [3.63, 3.8) is 0 Å². The number of nitrogens with zero attached hydrogens (tertiary/aromatic N) is 1. The van der Waals surface area contributed by atoms with E-state index in [0.29, 0.717) is 21.9 Å². The quantitative estimate of drug-likeness (QED) is 0.905. The Labute approximate surface area is 107 Å². The van der Waals surface area contributed by atoms with Gasteiger partial charge >= 0.3 is 0 Å². The lowest BCUT2D eigenvalue weighted by Gasteiger charge is -2.23. The number of aromatic nitrogens is 1. The van der Waals surface area contributed by atoms with Gasteiger partial charge in [-0.1, -0.05) is 23.2 Å². The highest BCUT2D eigenvalue weighted by atomic mass is 35.5. The van der Waals surface area contributed by atoms with Crippen LogP contribution in [0.3, 0.4) is 0 Å². The van der Waals surface area contributed by atoms with Gasteiger partial charge in [0.05, 0.1) is 10.0 Å². The van der Waals surface area contributed by atoms with E-state index >= 15 is 0 Å². The first kappa shape index (κ1) is 12.1.